The third kappa shape index (κ3) is 4.52. The molecule has 6 nitrogen and oxygen atoms in total. The molecule has 0 unspecified atom stereocenters. The average molecular weight is 307 g/mol. The van der Waals surface area contributed by atoms with Crippen LogP contribution in [0, 0.1) is 0 Å². The summed E-state index contributed by atoms with van der Waals surface area (Å²) < 4.78 is 27.5. The van der Waals surface area contributed by atoms with Crippen molar-refractivity contribution in [3.05, 3.63) is 53.7 Å². The maximum absolute atomic E-state index is 11.3. The fraction of sp³-hybridized carbons (Fsp3) is 0.214. The molecule has 0 saturated heterocycles. The first kappa shape index (κ1) is 15.4. The largest absolute Gasteiger partial charge is 0.481 e. The van der Waals surface area contributed by atoms with Crippen molar-refractivity contribution in [1.82, 2.24) is 10.3 Å². The molecule has 0 spiro atoms. The molecule has 0 atom stereocenters. The molecular formula is C14H17N3O3S. The second-order valence-electron chi connectivity index (χ2n) is 4.50. The number of primary sulfonamides is 1. The Hall–Kier alpha value is -1.96. The molecule has 112 valence electrons. The smallest absolute Gasteiger partial charge is 0.238 e. The molecule has 0 fully saturated rings. The van der Waals surface area contributed by atoms with E-state index in [1.165, 1.54) is 6.07 Å². The molecule has 0 aliphatic heterocycles. The Bertz CT molecular complexity index is 700. The van der Waals surface area contributed by atoms with E-state index >= 15 is 0 Å². The second kappa shape index (κ2) is 6.66. The molecule has 0 aliphatic rings. The predicted octanol–water partition coefficient (Wildman–Crippen LogP) is 1.03. The number of hydrogen-bond donors (Lipinski definition) is 2. The highest BCUT2D eigenvalue weighted by Gasteiger charge is 2.07. The number of aromatic nitrogens is 1. The van der Waals surface area contributed by atoms with E-state index in [0.717, 1.165) is 11.1 Å². The van der Waals surface area contributed by atoms with Crippen molar-refractivity contribution in [2.24, 2.45) is 5.14 Å². The van der Waals surface area contributed by atoms with E-state index in [1.54, 1.807) is 31.5 Å². The number of benzene rings is 1. The van der Waals surface area contributed by atoms with Crippen molar-refractivity contribution in [3.8, 4) is 5.88 Å². The van der Waals surface area contributed by atoms with E-state index in [1.807, 2.05) is 12.1 Å². The fourth-order valence-electron chi connectivity index (χ4n) is 1.82. The molecular weight excluding hydrogens is 290 g/mol. The molecule has 2 aromatic rings. The second-order valence-corrected chi connectivity index (χ2v) is 6.07. The van der Waals surface area contributed by atoms with E-state index in [4.69, 9.17) is 9.88 Å². The summed E-state index contributed by atoms with van der Waals surface area (Å²) in [6.07, 6.45) is 1.73. The highest BCUT2D eigenvalue weighted by molar-refractivity contribution is 7.89. The minimum absolute atomic E-state index is 0.118. The molecule has 1 heterocycles. The number of hydrogen-bond acceptors (Lipinski definition) is 5. The molecule has 0 radical (unpaired) electrons. The third-order valence-corrected chi connectivity index (χ3v) is 3.80. The van der Waals surface area contributed by atoms with Gasteiger partial charge in [-0.1, -0.05) is 18.2 Å². The number of ether oxygens (including phenoxy) is 1. The van der Waals surface area contributed by atoms with E-state index in [0.29, 0.717) is 19.0 Å². The van der Waals surface area contributed by atoms with Crippen molar-refractivity contribution in [2.75, 3.05) is 7.11 Å². The summed E-state index contributed by atoms with van der Waals surface area (Å²) in [6, 6.07) is 10.3. The van der Waals surface area contributed by atoms with Crippen LogP contribution in [0.5, 0.6) is 5.88 Å². The van der Waals surface area contributed by atoms with Gasteiger partial charge in [-0.15, -0.1) is 0 Å². The monoisotopic (exact) mass is 307 g/mol. The van der Waals surface area contributed by atoms with Gasteiger partial charge in [-0.3, -0.25) is 0 Å². The lowest BCUT2D eigenvalue weighted by atomic mass is 10.2. The number of nitrogens with two attached hydrogens (primary N) is 1. The zero-order valence-corrected chi connectivity index (χ0v) is 12.4. The fourth-order valence-corrected chi connectivity index (χ4v) is 2.40. The van der Waals surface area contributed by atoms with E-state index in [2.05, 4.69) is 10.3 Å². The van der Waals surface area contributed by atoms with Crippen LogP contribution in [-0.4, -0.2) is 20.5 Å². The van der Waals surface area contributed by atoms with Crippen LogP contribution in [0.3, 0.4) is 0 Å². The number of pyridine rings is 1. The van der Waals surface area contributed by atoms with Crippen molar-refractivity contribution < 1.29 is 13.2 Å². The Morgan fingerprint density at radius 2 is 1.95 bits per heavy atom. The van der Waals surface area contributed by atoms with Gasteiger partial charge in [-0.25, -0.2) is 18.5 Å². The van der Waals surface area contributed by atoms with Crippen LogP contribution < -0.4 is 15.2 Å². The van der Waals surface area contributed by atoms with Gasteiger partial charge in [0.1, 0.15) is 0 Å². The molecule has 7 heteroatoms. The van der Waals surface area contributed by atoms with Gasteiger partial charge in [0.15, 0.2) is 0 Å². The van der Waals surface area contributed by atoms with Gasteiger partial charge in [-0.05, 0) is 23.3 Å². The Morgan fingerprint density at radius 1 is 1.19 bits per heavy atom. The van der Waals surface area contributed by atoms with Crippen LogP contribution in [-0.2, 0) is 23.1 Å². The average Bonchev–Trinajstić information content (AvgIpc) is 2.47. The van der Waals surface area contributed by atoms with Crippen LogP contribution in [0.2, 0.25) is 0 Å². The van der Waals surface area contributed by atoms with Gasteiger partial charge in [0.2, 0.25) is 15.9 Å². The number of sulfonamides is 1. The van der Waals surface area contributed by atoms with Crippen LogP contribution in [0.1, 0.15) is 11.1 Å². The van der Waals surface area contributed by atoms with E-state index < -0.39 is 10.0 Å². The topological polar surface area (TPSA) is 94.3 Å². The first-order valence-electron chi connectivity index (χ1n) is 6.30. The maximum atomic E-state index is 11.3. The third-order valence-electron chi connectivity index (χ3n) is 2.89. The molecule has 1 aromatic heterocycles. The molecule has 1 aromatic carbocycles. The Balaban J connectivity index is 1.94. The van der Waals surface area contributed by atoms with Crippen LogP contribution in [0.15, 0.2) is 47.5 Å². The number of nitrogens with one attached hydrogen (secondary N) is 1. The minimum atomic E-state index is -3.66. The quantitative estimate of drug-likeness (QED) is 0.831. The van der Waals surface area contributed by atoms with E-state index in [9.17, 15) is 8.42 Å². The van der Waals surface area contributed by atoms with Crippen molar-refractivity contribution in [2.45, 2.75) is 18.0 Å². The molecule has 2 rings (SSSR count). The number of nitrogens with zero attached hydrogens (tertiary/aromatic N) is 1. The minimum Gasteiger partial charge on any atom is -0.481 e. The lowest BCUT2D eigenvalue weighted by molar-refractivity contribution is 0.397. The SMILES string of the molecule is COc1ccc(CNCc2cccc(S(N)(=O)=O)c2)cn1. The number of rotatable bonds is 6. The highest BCUT2D eigenvalue weighted by Crippen LogP contribution is 2.10. The summed E-state index contributed by atoms with van der Waals surface area (Å²) in [5.41, 5.74) is 1.86. The Kier molecular flexibility index (Phi) is 4.89. The summed E-state index contributed by atoms with van der Waals surface area (Å²) in [5.74, 6) is 0.569. The molecule has 0 amide bonds. The Morgan fingerprint density at radius 3 is 2.57 bits per heavy atom. The van der Waals surface area contributed by atoms with Crippen molar-refractivity contribution in [3.63, 3.8) is 0 Å². The van der Waals surface area contributed by atoms with Gasteiger partial charge in [0.25, 0.3) is 0 Å². The summed E-state index contributed by atoms with van der Waals surface area (Å²) in [6.45, 7) is 1.16. The summed E-state index contributed by atoms with van der Waals surface area (Å²) in [5, 5.41) is 8.32. The summed E-state index contributed by atoms with van der Waals surface area (Å²) in [7, 11) is -2.09. The standard InChI is InChI=1S/C14H17N3O3S/c1-20-14-6-5-12(10-17-14)9-16-8-11-3-2-4-13(7-11)21(15,18)19/h2-7,10,16H,8-9H2,1H3,(H2,15,18,19). The highest BCUT2D eigenvalue weighted by atomic mass is 32.2. The van der Waals surface area contributed by atoms with Gasteiger partial charge in [0, 0.05) is 25.4 Å². The number of methoxy groups -OCH3 is 1. The van der Waals surface area contributed by atoms with E-state index in [-0.39, 0.29) is 4.90 Å². The zero-order valence-electron chi connectivity index (χ0n) is 11.6. The lowest BCUT2D eigenvalue weighted by Crippen LogP contribution is -2.15. The first-order valence-corrected chi connectivity index (χ1v) is 7.85. The van der Waals surface area contributed by atoms with Gasteiger partial charge < -0.3 is 10.1 Å². The molecule has 0 aliphatic carbocycles. The first-order chi connectivity index (χ1) is 9.99. The summed E-state index contributed by atoms with van der Waals surface area (Å²) >= 11 is 0. The predicted molar refractivity (Wildman–Crippen MR) is 79.1 cm³/mol. The maximum Gasteiger partial charge on any atom is 0.238 e. The van der Waals surface area contributed by atoms with Crippen molar-refractivity contribution in [1.29, 1.82) is 0 Å². The van der Waals surface area contributed by atoms with Gasteiger partial charge >= 0.3 is 0 Å². The van der Waals surface area contributed by atoms with Crippen LogP contribution in [0.25, 0.3) is 0 Å². The normalized spacial score (nSPS) is 11.3. The molecule has 21 heavy (non-hydrogen) atoms. The Labute approximate surface area is 124 Å². The lowest BCUT2D eigenvalue weighted by Gasteiger charge is -2.07. The van der Waals surface area contributed by atoms with Crippen LogP contribution in [0.4, 0.5) is 0 Å². The summed E-state index contributed by atoms with van der Waals surface area (Å²) in [4.78, 5) is 4.23. The molecule has 3 N–H and O–H groups in total. The van der Waals surface area contributed by atoms with Crippen molar-refractivity contribution >= 4 is 10.0 Å². The van der Waals surface area contributed by atoms with Gasteiger partial charge in [-0.2, -0.15) is 0 Å². The van der Waals surface area contributed by atoms with Gasteiger partial charge in [0.05, 0.1) is 12.0 Å². The molecule has 0 saturated carbocycles. The van der Waals surface area contributed by atoms with Crippen LogP contribution >= 0.6 is 0 Å². The molecule has 0 bridgehead atoms. The zero-order chi connectivity index (χ0) is 15.3.